The predicted molar refractivity (Wildman–Crippen MR) is 98.0 cm³/mol. The van der Waals surface area contributed by atoms with Gasteiger partial charge < -0.3 is 10.6 Å². The fraction of sp³-hybridized carbons (Fsp3) is 0. The first kappa shape index (κ1) is 16.7. The molecule has 2 amide bonds. The topological polar surface area (TPSA) is 71.1 Å². The molecule has 124 valence electrons. The van der Waals surface area contributed by atoms with E-state index in [1.165, 1.54) is 0 Å². The first-order valence-electron chi connectivity index (χ1n) is 7.52. The average Bonchev–Trinajstić information content (AvgIpc) is 2.63. The standard InChI is InChI=1S/C19H14ClN3O2/c20-16-9-2-1-8-15(16)19(25)22-14-7-5-6-13(12-14)18(24)23-17-10-3-4-11-21-17/h1-12H,(H,22,25)(H,21,23,24). The maximum absolute atomic E-state index is 12.3. The Morgan fingerprint density at radius 2 is 1.64 bits per heavy atom. The van der Waals surface area contributed by atoms with Crippen LogP contribution in [0, 0.1) is 0 Å². The van der Waals surface area contributed by atoms with Crippen LogP contribution in [0.25, 0.3) is 0 Å². The number of anilines is 2. The van der Waals surface area contributed by atoms with Gasteiger partial charge in [-0.15, -0.1) is 0 Å². The molecule has 1 aromatic heterocycles. The van der Waals surface area contributed by atoms with Crippen LogP contribution >= 0.6 is 11.6 Å². The number of nitrogens with one attached hydrogen (secondary N) is 2. The highest BCUT2D eigenvalue weighted by molar-refractivity contribution is 6.34. The summed E-state index contributed by atoms with van der Waals surface area (Å²) in [5.41, 5.74) is 1.27. The van der Waals surface area contributed by atoms with Crippen LogP contribution in [-0.2, 0) is 0 Å². The van der Waals surface area contributed by atoms with Gasteiger partial charge in [0.1, 0.15) is 5.82 Å². The number of rotatable bonds is 4. The van der Waals surface area contributed by atoms with E-state index in [0.717, 1.165) is 0 Å². The Morgan fingerprint density at radius 1 is 0.840 bits per heavy atom. The van der Waals surface area contributed by atoms with E-state index < -0.39 is 0 Å². The molecule has 0 bridgehead atoms. The third-order valence-corrected chi connectivity index (χ3v) is 3.74. The monoisotopic (exact) mass is 351 g/mol. The number of halogens is 1. The van der Waals surface area contributed by atoms with Crippen LogP contribution < -0.4 is 10.6 Å². The number of hydrogen-bond acceptors (Lipinski definition) is 3. The molecule has 0 radical (unpaired) electrons. The summed E-state index contributed by atoms with van der Waals surface area (Å²) >= 11 is 6.03. The van der Waals surface area contributed by atoms with E-state index in [1.807, 2.05) is 0 Å². The number of carbonyl (C=O) groups is 2. The molecule has 0 saturated carbocycles. The summed E-state index contributed by atoms with van der Waals surface area (Å²) < 4.78 is 0. The van der Waals surface area contributed by atoms with E-state index in [9.17, 15) is 9.59 Å². The van der Waals surface area contributed by atoms with E-state index in [4.69, 9.17) is 11.6 Å². The lowest BCUT2D eigenvalue weighted by molar-refractivity contribution is 0.101. The molecule has 0 aliphatic rings. The van der Waals surface area contributed by atoms with Gasteiger partial charge in [-0.25, -0.2) is 4.98 Å². The second-order valence-electron chi connectivity index (χ2n) is 5.18. The van der Waals surface area contributed by atoms with Gasteiger partial charge >= 0.3 is 0 Å². The number of carbonyl (C=O) groups excluding carboxylic acids is 2. The third-order valence-electron chi connectivity index (χ3n) is 3.41. The summed E-state index contributed by atoms with van der Waals surface area (Å²) in [6.07, 6.45) is 1.59. The largest absolute Gasteiger partial charge is 0.322 e. The van der Waals surface area contributed by atoms with Gasteiger partial charge in [0.05, 0.1) is 10.6 Å². The fourth-order valence-corrected chi connectivity index (χ4v) is 2.43. The second-order valence-corrected chi connectivity index (χ2v) is 5.59. The Bertz CT molecular complexity index is 913. The quantitative estimate of drug-likeness (QED) is 0.738. The summed E-state index contributed by atoms with van der Waals surface area (Å²) in [6.45, 7) is 0. The van der Waals surface area contributed by atoms with Crippen LogP contribution in [0.1, 0.15) is 20.7 Å². The van der Waals surface area contributed by atoms with Crippen molar-refractivity contribution in [3.05, 3.63) is 89.1 Å². The lowest BCUT2D eigenvalue weighted by atomic mass is 10.1. The molecule has 25 heavy (non-hydrogen) atoms. The smallest absolute Gasteiger partial charge is 0.257 e. The lowest BCUT2D eigenvalue weighted by Gasteiger charge is -2.09. The average molecular weight is 352 g/mol. The molecule has 3 aromatic rings. The number of benzene rings is 2. The minimum Gasteiger partial charge on any atom is -0.322 e. The number of hydrogen-bond donors (Lipinski definition) is 2. The van der Waals surface area contributed by atoms with E-state index in [-0.39, 0.29) is 11.8 Å². The molecule has 0 aliphatic heterocycles. The van der Waals surface area contributed by atoms with E-state index in [2.05, 4.69) is 15.6 Å². The third kappa shape index (κ3) is 4.22. The molecule has 0 aliphatic carbocycles. The molecular weight excluding hydrogens is 338 g/mol. The van der Waals surface area contributed by atoms with Gasteiger partial charge in [-0.05, 0) is 42.5 Å². The zero-order valence-electron chi connectivity index (χ0n) is 13.1. The highest BCUT2D eigenvalue weighted by Gasteiger charge is 2.12. The van der Waals surface area contributed by atoms with Crippen molar-refractivity contribution in [3.63, 3.8) is 0 Å². The van der Waals surface area contributed by atoms with Crippen LogP contribution in [0.4, 0.5) is 11.5 Å². The summed E-state index contributed by atoms with van der Waals surface area (Å²) in [7, 11) is 0. The summed E-state index contributed by atoms with van der Waals surface area (Å²) in [5.74, 6) is -0.196. The summed E-state index contributed by atoms with van der Waals surface area (Å²) in [4.78, 5) is 28.6. The maximum atomic E-state index is 12.3. The van der Waals surface area contributed by atoms with Crippen molar-refractivity contribution in [2.75, 3.05) is 10.6 Å². The summed E-state index contributed by atoms with van der Waals surface area (Å²) in [5, 5.41) is 5.80. The lowest BCUT2D eigenvalue weighted by Crippen LogP contribution is -2.15. The van der Waals surface area contributed by atoms with Crippen molar-refractivity contribution >= 4 is 34.9 Å². The van der Waals surface area contributed by atoms with Gasteiger partial charge in [-0.1, -0.05) is 35.9 Å². The molecule has 0 atom stereocenters. The maximum Gasteiger partial charge on any atom is 0.257 e. The van der Waals surface area contributed by atoms with Crippen LogP contribution in [0.15, 0.2) is 72.9 Å². The molecule has 6 heteroatoms. The number of pyridine rings is 1. The van der Waals surface area contributed by atoms with Gasteiger partial charge in [0.25, 0.3) is 11.8 Å². The Morgan fingerprint density at radius 3 is 2.40 bits per heavy atom. The first-order valence-corrected chi connectivity index (χ1v) is 7.89. The molecule has 0 unspecified atom stereocenters. The molecular formula is C19H14ClN3O2. The van der Waals surface area contributed by atoms with Crippen LogP contribution in [-0.4, -0.2) is 16.8 Å². The van der Waals surface area contributed by atoms with Gasteiger partial charge in [0, 0.05) is 17.4 Å². The zero-order valence-corrected chi connectivity index (χ0v) is 13.8. The molecule has 2 N–H and O–H groups in total. The van der Waals surface area contributed by atoms with Crippen LogP contribution in [0.3, 0.4) is 0 Å². The molecule has 0 spiro atoms. The second kappa shape index (κ2) is 7.59. The van der Waals surface area contributed by atoms with E-state index >= 15 is 0 Å². The Balaban J connectivity index is 1.74. The van der Waals surface area contributed by atoms with Gasteiger partial charge in [-0.3, -0.25) is 9.59 Å². The Labute approximate surface area is 149 Å². The molecule has 3 rings (SSSR count). The SMILES string of the molecule is O=C(Nc1ccccn1)c1cccc(NC(=O)c2ccccc2Cl)c1. The van der Waals surface area contributed by atoms with E-state index in [1.54, 1.807) is 72.9 Å². The Kier molecular flexibility index (Phi) is 5.06. The predicted octanol–water partition coefficient (Wildman–Crippen LogP) is 4.24. The highest BCUT2D eigenvalue weighted by atomic mass is 35.5. The fourth-order valence-electron chi connectivity index (χ4n) is 2.21. The zero-order chi connectivity index (χ0) is 17.6. The van der Waals surface area contributed by atoms with Crippen molar-refractivity contribution in [3.8, 4) is 0 Å². The normalized spacial score (nSPS) is 10.1. The minimum atomic E-state index is -0.340. The Hall–Kier alpha value is -3.18. The van der Waals surface area contributed by atoms with Gasteiger partial charge in [0.2, 0.25) is 0 Å². The minimum absolute atomic E-state index is 0.312. The van der Waals surface area contributed by atoms with Crippen molar-refractivity contribution in [2.45, 2.75) is 0 Å². The number of nitrogens with zero attached hydrogens (tertiary/aromatic N) is 1. The molecule has 5 nitrogen and oxygen atoms in total. The molecule has 1 heterocycles. The van der Waals surface area contributed by atoms with Crippen molar-refractivity contribution < 1.29 is 9.59 Å². The molecule has 2 aromatic carbocycles. The van der Waals surface area contributed by atoms with Gasteiger partial charge in [-0.2, -0.15) is 0 Å². The van der Waals surface area contributed by atoms with E-state index in [0.29, 0.717) is 27.7 Å². The van der Waals surface area contributed by atoms with Crippen molar-refractivity contribution in [1.82, 2.24) is 4.98 Å². The summed E-state index contributed by atoms with van der Waals surface area (Å²) in [6, 6.07) is 18.6. The highest BCUT2D eigenvalue weighted by Crippen LogP contribution is 2.18. The molecule has 0 saturated heterocycles. The number of amides is 2. The van der Waals surface area contributed by atoms with Crippen LogP contribution in [0.2, 0.25) is 5.02 Å². The van der Waals surface area contributed by atoms with Crippen molar-refractivity contribution in [2.24, 2.45) is 0 Å². The molecule has 0 fully saturated rings. The number of aromatic nitrogens is 1. The van der Waals surface area contributed by atoms with Crippen LogP contribution in [0.5, 0.6) is 0 Å². The first-order chi connectivity index (χ1) is 12.1. The van der Waals surface area contributed by atoms with Gasteiger partial charge in [0.15, 0.2) is 0 Å². The van der Waals surface area contributed by atoms with Crippen molar-refractivity contribution in [1.29, 1.82) is 0 Å².